The predicted molar refractivity (Wildman–Crippen MR) is 112 cm³/mol. The lowest BCUT2D eigenvalue weighted by molar-refractivity contribution is -0.148. The fraction of sp³-hybridized carbons (Fsp3) is 0.619. The Bertz CT molecular complexity index is 678. The summed E-state index contributed by atoms with van der Waals surface area (Å²) in [7, 11) is 1.58. The van der Waals surface area contributed by atoms with Gasteiger partial charge in [0.15, 0.2) is 0 Å². The normalized spacial score (nSPS) is 22.7. The van der Waals surface area contributed by atoms with Gasteiger partial charge in [-0.25, -0.2) is 9.59 Å². The number of anilines is 1. The van der Waals surface area contributed by atoms with Crippen molar-refractivity contribution >= 4 is 29.4 Å². The Kier molecular flexibility index (Phi) is 7.48. The van der Waals surface area contributed by atoms with E-state index in [1.807, 2.05) is 19.1 Å². The maximum absolute atomic E-state index is 13.3. The zero-order valence-corrected chi connectivity index (χ0v) is 17.5. The summed E-state index contributed by atoms with van der Waals surface area (Å²) in [5.74, 6) is 1.30. The van der Waals surface area contributed by atoms with Gasteiger partial charge in [-0.3, -0.25) is 4.90 Å². The van der Waals surface area contributed by atoms with Gasteiger partial charge >= 0.3 is 12.0 Å². The largest absolute Gasteiger partial charge is 0.495 e. The average molecular weight is 407 g/mol. The minimum atomic E-state index is -0.543. The molecule has 0 radical (unpaired) electrons. The first-order valence-corrected chi connectivity index (χ1v) is 11.2. The van der Waals surface area contributed by atoms with Crippen LogP contribution < -0.4 is 10.1 Å². The van der Waals surface area contributed by atoms with Gasteiger partial charge in [0, 0.05) is 5.75 Å². The predicted octanol–water partition coefficient (Wildman–Crippen LogP) is 4.50. The molecule has 154 valence electrons. The van der Waals surface area contributed by atoms with E-state index in [-0.39, 0.29) is 17.4 Å². The van der Waals surface area contributed by atoms with Crippen LogP contribution in [0.1, 0.15) is 45.4 Å². The molecular weight excluding hydrogens is 376 g/mol. The van der Waals surface area contributed by atoms with Crippen molar-refractivity contribution in [1.29, 1.82) is 0 Å². The minimum absolute atomic E-state index is 0.00850. The van der Waals surface area contributed by atoms with Crippen LogP contribution in [0.2, 0.25) is 0 Å². The Morgan fingerprint density at radius 2 is 1.96 bits per heavy atom. The molecular formula is C21H30N2O4S. The number of rotatable bonds is 6. The number of hydrogen-bond acceptors (Lipinski definition) is 5. The number of esters is 1. The van der Waals surface area contributed by atoms with E-state index in [0.717, 1.165) is 19.3 Å². The van der Waals surface area contributed by atoms with Crippen molar-refractivity contribution in [2.75, 3.05) is 24.8 Å². The molecule has 2 amide bonds. The third kappa shape index (κ3) is 4.74. The molecule has 2 atom stereocenters. The molecule has 1 N–H and O–H groups in total. The van der Waals surface area contributed by atoms with Crippen molar-refractivity contribution in [3.63, 3.8) is 0 Å². The topological polar surface area (TPSA) is 67.9 Å². The van der Waals surface area contributed by atoms with Gasteiger partial charge in [-0.1, -0.05) is 38.3 Å². The first kappa shape index (κ1) is 20.8. The van der Waals surface area contributed by atoms with E-state index < -0.39 is 6.04 Å². The smallest absolute Gasteiger partial charge is 0.329 e. The minimum Gasteiger partial charge on any atom is -0.495 e. The fourth-order valence-corrected chi connectivity index (χ4v) is 5.60. The number of urea groups is 1. The molecule has 0 unspecified atom stereocenters. The Balaban J connectivity index is 1.80. The molecule has 1 saturated heterocycles. The van der Waals surface area contributed by atoms with Crippen LogP contribution in [0, 0.1) is 5.92 Å². The zero-order valence-electron chi connectivity index (χ0n) is 16.7. The van der Waals surface area contributed by atoms with Gasteiger partial charge in [-0.2, -0.15) is 0 Å². The van der Waals surface area contributed by atoms with Crippen LogP contribution in [0.4, 0.5) is 10.5 Å². The second-order valence-corrected chi connectivity index (χ2v) is 8.49. The molecule has 6 nitrogen and oxygen atoms in total. The van der Waals surface area contributed by atoms with Crippen LogP contribution in [0.5, 0.6) is 5.75 Å². The van der Waals surface area contributed by atoms with Gasteiger partial charge in [0.25, 0.3) is 0 Å². The third-order valence-corrected chi connectivity index (χ3v) is 6.85. The number of amides is 2. The summed E-state index contributed by atoms with van der Waals surface area (Å²) in [6.45, 7) is 2.35. The summed E-state index contributed by atoms with van der Waals surface area (Å²) in [5.41, 5.74) is 0.606. The lowest BCUT2D eigenvalue weighted by Gasteiger charge is -2.35. The molecule has 1 aromatic carbocycles. The molecule has 0 aromatic heterocycles. The number of carbonyl (C=O) groups is 2. The highest BCUT2D eigenvalue weighted by Crippen LogP contribution is 2.41. The zero-order chi connectivity index (χ0) is 19.9. The average Bonchev–Trinajstić information content (AvgIpc) is 3.18. The molecule has 1 saturated carbocycles. The standard InChI is InChI=1S/C21H30N2O4S/c1-3-13-27-20(24)17-14-28-19(15-9-5-4-6-10-15)23(17)21(25)22-16-11-7-8-12-18(16)26-2/h7-8,11-12,15,17,19H,3-6,9-10,13-14H2,1-2H3,(H,22,25)/t17-,19+/m1/s1. The molecule has 1 aromatic rings. The van der Waals surface area contributed by atoms with E-state index >= 15 is 0 Å². The number of nitrogens with one attached hydrogen (secondary N) is 1. The van der Waals surface area contributed by atoms with Gasteiger partial charge in [0.2, 0.25) is 0 Å². The quantitative estimate of drug-likeness (QED) is 0.704. The lowest BCUT2D eigenvalue weighted by atomic mass is 9.88. The third-order valence-electron chi connectivity index (χ3n) is 5.39. The number of thioether (sulfide) groups is 1. The highest BCUT2D eigenvalue weighted by Gasteiger charge is 2.45. The Labute approximate surface area is 171 Å². The van der Waals surface area contributed by atoms with Gasteiger partial charge in [0.05, 0.1) is 24.8 Å². The lowest BCUT2D eigenvalue weighted by Crippen LogP contribution is -2.50. The van der Waals surface area contributed by atoms with Crippen molar-refractivity contribution in [2.45, 2.75) is 56.9 Å². The molecule has 1 heterocycles. The summed E-state index contributed by atoms with van der Waals surface area (Å²) < 4.78 is 10.7. The summed E-state index contributed by atoms with van der Waals surface area (Å²) in [5, 5.41) is 2.96. The van der Waals surface area contributed by atoms with Crippen molar-refractivity contribution in [1.82, 2.24) is 4.90 Å². The van der Waals surface area contributed by atoms with Crippen molar-refractivity contribution in [3.8, 4) is 5.75 Å². The second-order valence-electron chi connectivity index (χ2n) is 7.34. The van der Waals surface area contributed by atoms with Crippen LogP contribution in [0.25, 0.3) is 0 Å². The van der Waals surface area contributed by atoms with E-state index in [4.69, 9.17) is 9.47 Å². The van der Waals surface area contributed by atoms with Crippen LogP contribution in [-0.4, -0.2) is 47.8 Å². The monoisotopic (exact) mass is 406 g/mol. The second kappa shape index (κ2) is 10.0. The SMILES string of the molecule is CCCOC(=O)[C@H]1CS[C@@H](C2CCCCC2)N1C(=O)Nc1ccccc1OC. The highest BCUT2D eigenvalue weighted by atomic mass is 32.2. The first-order chi connectivity index (χ1) is 13.7. The van der Waals surface area contributed by atoms with Gasteiger partial charge in [0.1, 0.15) is 11.8 Å². The van der Waals surface area contributed by atoms with Crippen molar-refractivity contribution < 1.29 is 19.1 Å². The number of benzene rings is 1. The van der Waals surface area contributed by atoms with E-state index in [0.29, 0.717) is 29.7 Å². The number of methoxy groups -OCH3 is 1. The summed E-state index contributed by atoms with van der Waals surface area (Å²) >= 11 is 1.71. The number of hydrogen-bond donors (Lipinski definition) is 1. The van der Waals surface area contributed by atoms with E-state index in [1.165, 1.54) is 19.3 Å². The molecule has 1 aliphatic carbocycles. The van der Waals surface area contributed by atoms with Gasteiger partial charge in [-0.15, -0.1) is 11.8 Å². The van der Waals surface area contributed by atoms with Gasteiger partial charge in [-0.05, 0) is 37.3 Å². The van der Waals surface area contributed by atoms with Crippen LogP contribution in [0.3, 0.4) is 0 Å². The number of para-hydroxylation sites is 2. The van der Waals surface area contributed by atoms with Crippen LogP contribution in [-0.2, 0) is 9.53 Å². The van der Waals surface area contributed by atoms with Crippen molar-refractivity contribution in [2.24, 2.45) is 5.92 Å². The summed E-state index contributed by atoms with van der Waals surface area (Å²) in [6, 6.07) is 6.51. The Morgan fingerprint density at radius 3 is 2.68 bits per heavy atom. The highest BCUT2D eigenvalue weighted by molar-refractivity contribution is 8.00. The van der Waals surface area contributed by atoms with Crippen LogP contribution in [0.15, 0.2) is 24.3 Å². The number of carbonyl (C=O) groups excluding carboxylic acids is 2. The Hall–Kier alpha value is -1.89. The molecule has 28 heavy (non-hydrogen) atoms. The summed E-state index contributed by atoms with van der Waals surface area (Å²) in [4.78, 5) is 27.6. The molecule has 2 fully saturated rings. The molecule has 1 aliphatic heterocycles. The van der Waals surface area contributed by atoms with E-state index in [1.54, 1.807) is 35.9 Å². The number of nitrogens with zero attached hydrogens (tertiary/aromatic N) is 1. The maximum Gasteiger partial charge on any atom is 0.329 e. The fourth-order valence-electron chi connectivity index (χ4n) is 3.98. The van der Waals surface area contributed by atoms with Crippen LogP contribution >= 0.6 is 11.8 Å². The van der Waals surface area contributed by atoms with E-state index in [2.05, 4.69) is 5.32 Å². The number of ether oxygens (including phenoxy) is 2. The summed E-state index contributed by atoms with van der Waals surface area (Å²) in [6.07, 6.45) is 6.61. The first-order valence-electron chi connectivity index (χ1n) is 10.2. The maximum atomic E-state index is 13.3. The molecule has 0 bridgehead atoms. The Morgan fingerprint density at radius 1 is 1.21 bits per heavy atom. The molecule has 3 rings (SSSR count). The van der Waals surface area contributed by atoms with E-state index in [9.17, 15) is 9.59 Å². The van der Waals surface area contributed by atoms with Gasteiger partial charge < -0.3 is 14.8 Å². The van der Waals surface area contributed by atoms with Crippen molar-refractivity contribution in [3.05, 3.63) is 24.3 Å². The molecule has 0 spiro atoms. The molecule has 7 heteroatoms. The molecule has 2 aliphatic rings.